The quantitative estimate of drug-likeness (QED) is 0.386. The molecule has 0 aromatic carbocycles. The van der Waals surface area contributed by atoms with Crippen molar-refractivity contribution in [2.45, 2.75) is 37.7 Å². The maximum Gasteiger partial charge on any atom is 0.129 e. The zero-order valence-corrected chi connectivity index (χ0v) is 7.45. The molecule has 0 spiro atoms. The Morgan fingerprint density at radius 2 is 2.22 bits per heavy atom. The van der Waals surface area contributed by atoms with Gasteiger partial charge in [0.15, 0.2) is 0 Å². The third-order valence-corrected chi connectivity index (χ3v) is 1.36. The fourth-order valence-corrected chi connectivity index (χ4v) is 1.17. The summed E-state index contributed by atoms with van der Waals surface area (Å²) >= 11 is 9.68. The zero-order valence-electron chi connectivity index (χ0n) is 5.80. The van der Waals surface area contributed by atoms with E-state index in [1.54, 1.807) is 6.92 Å². The highest BCUT2D eigenvalue weighted by molar-refractivity contribution is 7.80. The first-order valence-corrected chi connectivity index (χ1v) is 4.09. The van der Waals surface area contributed by atoms with Gasteiger partial charge in [-0.25, -0.2) is 0 Å². The van der Waals surface area contributed by atoms with Crippen LogP contribution in [-0.4, -0.2) is 11.0 Å². The van der Waals surface area contributed by atoms with Gasteiger partial charge in [-0.1, -0.05) is 24.9 Å². The lowest BCUT2D eigenvalue weighted by Crippen LogP contribution is -2.09. The number of alkyl halides is 1. The molecule has 3 heteroatoms. The van der Waals surface area contributed by atoms with Crippen LogP contribution >= 0.6 is 24.2 Å². The van der Waals surface area contributed by atoms with E-state index in [1.165, 1.54) is 0 Å². The first-order valence-electron chi connectivity index (χ1n) is 3.14. The maximum absolute atomic E-state index is 5.54. The standard InChI is InChI=1S/C6H13ClOS/c1-3-4-6(9)8-5(2)7/h5-6,9H,3-4H2,1-2H3. The Morgan fingerprint density at radius 3 is 2.56 bits per heavy atom. The lowest BCUT2D eigenvalue weighted by Gasteiger charge is -2.11. The van der Waals surface area contributed by atoms with Crippen LogP contribution in [0.3, 0.4) is 0 Å². The van der Waals surface area contributed by atoms with Crippen LogP contribution in [0.2, 0.25) is 0 Å². The van der Waals surface area contributed by atoms with Gasteiger partial charge in [0.05, 0.1) is 0 Å². The molecule has 0 aliphatic carbocycles. The van der Waals surface area contributed by atoms with E-state index < -0.39 is 0 Å². The molecule has 0 saturated carbocycles. The van der Waals surface area contributed by atoms with E-state index in [1.807, 2.05) is 0 Å². The monoisotopic (exact) mass is 168 g/mol. The second kappa shape index (κ2) is 5.39. The maximum atomic E-state index is 5.54. The van der Waals surface area contributed by atoms with E-state index in [0.29, 0.717) is 0 Å². The van der Waals surface area contributed by atoms with Crippen molar-refractivity contribution in [1.82, 2.24) is 0 Å². The Labute approximate surface area is 67.1 Å². The number of hydrogen-bond donors (Lipinski definition) is 1. The Balaban J connectivity index is 3.15. The summed E-state index contributed by atoms with van der Waals surface area (Å²) in [7, 11) is 0. The molecule has 0 radical (unpaired) electrons. The molecule has 2 unspecified atom stereocenters. The fraction of sp³-hybridized carbons (Fsp3) is 1.00. The van der Waals surface area contributed by atoms with E-state index in [2.05, 4.69) is 19.6 Å². The lowest BCUT2D eigenvalue weighted by molar-refractivity contribution is 0.0933. The highest BCUT2D eigenvalue weighted by atomic mass is 35.5. The van der Waals surface area contributed by atoms with Gasteiger partial charge in [-0.15, -0.1) is 12.6 Å². The summed E-state index contributed by atoms with van der Waals surface area (Å²) in [6, 6.07) is 0. The third-order valence-electron chi connectivity index (χ3n) is 0.880. The Kier molecular flexibility index (Phi) is 5.75. The predicted molar refractivity (Wildman–Crippen MR) is 44.1 cm³/mol. The van der Waals surface area contributed by atoms with Crippen molar-refractivity contribution >= 4 is 24.2 Å². The minimum atomic E-state index is -0.223. The number of thiol groups is 1. The van der Waals surface area contributed by atoms with Crippen LogP contribution in [0.1, 0.15) is 26.7 Å². The van der Waals surface area contributed by atoms with Crippen molar-refractivity contribution in [3.05, 3.63) is 0 Å². The number of ether oxygens (including phenoxy) is 1. The Bertz CT molecular complexity index is 68.1. The van der Waals surface area contributed by atoms with Gasteiger partial charge in [0.2, 0.25) is 0 Å². The summed E-state index contributed by atoms with van der Waals surface area (Å²) in [5.74, 6) is 0. The molecule has 9 heavy (non-hydrogen) atoms. The van der Waals surface area contributed by atoms with E-state index in [4.69, 9.17) is 16.3 Å². The van der Waals surface area contributed by atoms with Gasteiger partial charge in [0.1, 0.15) is 11.0 Å². The van der Waals surface area contributed by atoms with Gasteiger partial charge in [0, 0.05) is 0 Å². The second-order valence-corrected chi connectivity index (χ2v) is 3.11. The zero-order chi connectivity index (χ0) is 7.28. The molecule has 2 atom stereocenters. The largest absolute Gasteiger partial charge is 0.349 e. The fourth-order valence-electron chi connectivity index (χ4n) is 0.531. The minimum Gasteiger partial charge on any atom is -0.349 e. The molecule has 56 valence electrons. The summed E-state index contributed by atoms with van der Waals surface area (Å²) in [5.41, 5.74) is -0.221. The average molecular weight is 169 g/mol. The van der Waals surface area contributed by atoms with Gasteiger partial charge in [0.25, 0.3) is 0 Å². The van der Waals surface area contributed by atoms with Gasteiger partial charge in [-0.2, -0.15) is 0 Å². The van der Waals surface area contributed by atoms with Crippen molar-refractivity contribution in [2.75, 3.05) is 0 Å². The van der Waals surface area contributed by atoms with E-state index in [9.17, 15) is 0 Å². The number of hydrogen-bond acceptors (Lipinski definition) is 2. The van der Waals surface area contributed by atoms with Crippen LogP contribution in [0.4, 0.5) is 0 Å². The van der Waals surface area contributed by atoms with Crippen LogP contribution in [-0.2, 0) is 4.74 Å². The highest BCUT2D eigenvalue weighted by Crippen LogP contribution is 2.10. The summed E-state index contributed by atoms with van der Waals surface area (Å²) in [6.07, 6.45) is 2.04. The molecule has 0 rings (SSSR count). The summed E-state index contributed by atoms with van der Waals surface area (Å²) in [4.78, 5) is 0. The minimum absolute atomic E-state index is 0.00231. The highest BCUT2D eigenvalue weighted by Gasteiger charge is 2.03. The molecule has 0 amide bonds. The van der Waals surface area contributed by atoms with Crippen molar-refractivity contribution < 1.29 is 4.74 Å². The summed E-state index contributed by atoms with van der Waals surface area (Å²) in [5, 5.41) is 0. The van der Waals surface area contributed by atoms with Crippen molar-refractivity contribution in [1.29, 1.82) is 0 Å². The Hall–Kier alpha value is 0.600. The molecule has 0 saturated heterocycles. The van der Waals surface area contributed by atoms with Crippen molar-refractivity contribution in [2.24, 2.45) is 0 Å². The van der Waals surface area contributed by atoms with Crippen molar-refractivity contribution in [3.63, 3.8) is 0 Å². The molecule has 1 nitrogen and oxygen atoms in total. The number of halogens is 1. The molecular formula is C6H13ClOS. The normalized spacial score (nSPS) is 17.3. The molecule has 0 aromatic heterocycles. The van der Waals surface area contributed by atoms with Crippen LogP contribution in [0.5, 0.6) is 0 Å². The van der Waals surface area contributed by atoms with Gasteiger partial charge < -0.3 is 4.74 Å². The van der Waals surface area contributed by atoms with Crippen LogP contribution < -0.4 is 0 Å². The smallest absolute Gasteiger partial charge is 0.129 e. The molecule has 0 fully saturated rings. The summed E-state index contributed by atoms with van der Waals surface area (Å²) in [6.45, 7) is 3.88. The molecule has 0 heterocycles. The average Bonchev–Trinajstić information content (AvgIpc) is 1.63. The second-order valence-electron chi connectivity index (χ2n) is 1.92. The van der Waals surface area contributed by atoms with Gasteiger partial charge >= 0.3 is 0 Å². The van der Waals surface area contributed by atoms with E-state index in [0.717, 1.165) is 12.8 Å². The van der Waals surface area contributed by atoms with Gasteiger partial charge in [-0.05, 0) is 13.3 Å². The lowest BCUT2D eigenvalue weighted by atomic mass is 10.4. The first kappa shape index (κ1) is 9.60. The molecule has 0 aliphatic heterocycles. The SMILES string of the molecule is CCCC(S)OC(C)Cl. The molecule has 0 N–H and O–H groups in total. The van der Waals surface area contributed by atoms with E-state index in [-0.39, 0.29) is 11.0 Å². The first-order chi connectivity index (χ1) is 4.16. The molecular weight excluding hydrogens is 156 g/mol. The predicted octanol–water partition coefficient (Wildman–Crippen LogP) is 2.64. The van der Waals surface area contributed by atoms with Crippen molar-refractivity contribution in [3.8, 4) is 0 Å². The number of rotatable bonds is 4. The summed E-state index contributed by atoms with van der Waals surface area (Å²) < 4.78 is 5.12. The van der Waals surface area contributed by atoms with Crippen LogP contribution in [0.25, 0.3) is 0 Å². The van der Waals surface area contributed by atoms with Crippen LogP contribution in [0.15, 0.2) is 0 Å². The molecule has 0 aliphatic rings. The third kappa shape index (κ3) is 6.49. The van der Waals surface area contributed by atoms with E-state index >= 15 is 0 Å². The molecule has 0 aromatic rings. The van der Waals surface area contributed by atoms with Gasteiger partial charge in [-0.3, -0.25) is 0 Å². The topological polar surface area (TPSA) is 9.23 Å². The van der Waals surface area contributed by atoms with Crippen LogP contribution in [0, 0.1) is 0 Å². The molecule has 0 bridgehead atoms. The Morgan fingerprint density at radius 1 is 1.67 bits per heavy atom.